The van der Waals surface area contributed by atoms with Crippen LogP contribution in [0, 0.1) is 13.8 Å². The quantitative estimate of drug-likeness (QED) is 0.108. The van der Waals surface area contributed by atoms with Crippen LogP contribution in [-0.4, -0.2) is 69.9 Å². The first-order valence-electron chi connectivity index (χ1n) is 16.4. The molecule has 0 aliphatic carbocycles. The number of carbonyl (C=O) groups excluding carboxylic acids is 2. The fourth-order valence-corrected chi connectivity index (χ4v) is 9.22. The Morgan fingerprint density at radius 1 is 0.860 bits per heavy atom. The normalized spacial score (nSPS) is 12.2. The van der Waals surface area contributed by atoms with Gasteiger partial charge in [0.15, 0.2) is 19.7 Å². The number of carbonyl (C=O) groups is 2. The molecule has 11 nitrogen and oxygen atoms in total. The molecule has 4 rings (SSSR count). The zero-order valence-corrected chi connectivity index (χ0v) is 31.7. The van der Waals surface area contributed by atoms with Crippen LogP contribution in [0.5, 0.6) is 0 Å². The monoisotopic (exact) mass is 724 g/mol. The number of hydrogen-bond acceptors (Lipinski definition) is 8. The van der Waals surface area contributed by atoms with Crippen molar-refractivity contribution >= 4 is 54.0 Å². The highest BCUT2D eigenvalue weighted by Crippen LogP contribution is 2.34. The van der Waals surface area contributed by atoms with E-state index in [2.05, 4.69) is 28.5 Å². The molecule has 13 heteroatoms. The summed E-state index contributed by atoms with van der Waals surface area (Å²) in [6, 6.07) is 15.0. The summed E-state index contributed by atoms with van der Waals surface area (Å²) in [4.78, 5) is 29.9. The lowest BCUT2D eigenvalue weighted by atomic mass is 9.99. The van der Waals surface area contributed by atoms with Gasteiger partial charge < -0.3 is 25.7 Å². The Bertz CT molecular complexity index is 2130. The minimum Gasteiger partial charge on any atom is -0.444 e. The second-order valence-corrected chi connectivity index (χ2v) is 17.9. The number of benzene rings is 3. The third-order valence-corrected chi connectivity index (χ3v) is 10.6. The summed E-state index contributed by atoms with van der Waals surface area (Å²) >= 11 is 0. The van der Waals surface area contributed by atoms with Crippen LogP contribution in [0.4, 0.5) is 16.2 Å². The topological polar surface area (TPSA) is 169 Å². The third kappa shape index (κ3) is 9.66. The molecule has 0 saturated carbocycles. The molecule has 2 amide bonds. The molecule has 1 aromatic heterocycles. The van der Waals surface area contributed by atoms with Crippen molar-refractivity contribution in [2.24, 2.45) is 0 Å². The lowest BCUT2D eigenvalue weighted by Crippen LogP contribution is -2.38. The van der Waals surface area contributed by atoms with Crippen molar-refractivity contribution in [2.45, 2.75) is 82.6 Å². The number of nitrogens with zero attached hydrogens (tertiary/aromatic N) is 1. The standard InChI is InChI=1S/C37H48N4O7S2/c1-23-19-24(2)21-27(20-23)33-29(30-22-28(39-25(3)42)13-15-32(30)40-33)16-18-41(36(43)48-37(4,5)6)17-10-9-11-26-12-14-31(38)35(50(8,46)47)34(26)49(7,44)45/h12-15,19-22,40H,9-11,16-18,38H2,1-8H3,(H,39,42). The van der Waals surface area contributed by atoms with Crippen molar-refractivity contribution in [1.82, 2.24) is 9.88 Å². The van der Waals surface area contributed by atoms with Crippen molar-refractivity contribution in [2.75, 3.05) is 36.7 Å². The summed E-state index contributed by atoms with van der Waals surface area (Å²) in [6.45, 7) is 11.6. The van der Waals surface area contributed by atoms with E-state index in [1.165, 1.54) is 13.0 Å². The Labute approximate surface area is 295 Å². The molecule has 0 bridgehead atoms. The molecule has 3 aromatic carbocycles. The Balaban J connectivity index is 1.65. The van der Waals surface area contributed by atoms with Gasteiger partial charge in [-0.15, -0.1) is 0 Å². The van der Waals surface area contributed by atoms with Crippen molar-refractivity contribution in [3.8, 4) is 11.3 Å². The molecule has 0 saturated heterocycles. The number of hydrogen-bond donors (Lipinski definition) is 3. The van der Waals surface area contributed by atoms with E-state index in [1.807, 2.05) is 32.0 Å². The highest BCUT2D eigenvalue weighted by Gasteiger charge is 2.27. The van der Waals surface area contributed by atoms with E-state index in [0.29, 0.717) is 43.6 Å². The summed E-state index contributed by atoms with van der Waals surface area (Å²) in [5.41, 5.74) is 12.1. The van der Waals surface area contributed by atoms with Crippen LogP contribution in [0.25, 0.3) is 22.2 Å². The van der Waals surface area contributed by atoms with Crippen molar-refractivity contribution in [3.63, 3.8) is 0 Å². The zero-order chi connectivity index (χ0) is 37.2. The van der Waals surface area contributed by atoms with E-state index in [1.54, 1.807) is 31.7 Å². The molecule has 0 unspecified atom stereocenters. The van der Waals surface area contributed by atoms with Crippen molar-refractivity contribution in [3.05, 3.63) is 70.8 Å². The van der Waals surface area contributed by atoms with Gasteiger partial charge in [-0.1, -0.05) is 23.3 Å². The highest BCUT2D eigenvalue weighted by molar-refractivity contribution is 7.94. The van der Waals surface area contributed by atoms with Gasteiger partial charge in [-0.3, -0.25) is 4.79 Å². The Kier molecular flexibility index (Phi) is 11.4. The number of unbranched alkanes of at least 4 members (excludes halogenated alkanes) is 1. The van der Waals surface area contributed by atoms with Gasteiger partial charge in [0.05, 0.1) is 10.6 Å². The van der Waals surface area contributed by atoms with Gasteiger partial charge in [-0.2, -0.15) is 0 Å². The number of nitrogens with one attached hydrogen (secondary N) is 2. The molecular formula is C37H48N4O7S2. The number of nitrogen functional groups attached to an aromatic ring is 1. The molecule has 0 fully saturated rings. The molecule has 0 spiro atoms. The first kappa shape index (κ1) is 38.4. The maximum atomic E-state index is 13.5. The number of sulfone groups is 2. The Hall–Kier alpha value is -4.36. The van der Waals surface area contributed by atoms with Crippen LogP contribution in [0.3, 0.4) is 0 Å². The van der Waals surface area contributed by atoms with Crippen LogP contribution in [0.2, 0.25) is 0 Å². The van der Waals surface area contributed by atoms with Gasteiger partial charge in [0.1, 0.15) is 10.5 Å². The largest absolute Gasteiger partial charge is 0.444 e. The van der Waals surface area contributed by atoms with Crippen LogP contribution in [0.1, 0.15) is 62.8 Å². The summed E-state index contributed by atoms with van der Waals surface area (Å²) in [6.07, 6.45) is 3.13. The lowest BCUT2D eigenvalue weighted by Gasteiger charge is -2.27. The molecule has 50 heavy (non-hydrogen) atoms. The average Bonchev–Trinajstić information content (AvgIpc) is 3.32. The first-order chi connectivity index (χ1) is 23.1. The minimum absolute atomic E-state index is 0.116. The number of aryl methyl sites for hydroxylation is 3. The molecule has 1 heterocycles. The van der Waals surface area contributed by atoms with Crippen molar-refractivity contribution < 1.29 is 31.2 Å². The van der Waals surface area contributed by atoms with Gasteiger partial charge in [0.2, 0.25) is 5.91 Å². The number of fused-ring (bicyclic) bond motifs is 1. The van der Waals surface area contributed by atoms with Crippen LogP contribution >= 0.6 is 0 Å². The Morgan fingerprint density at radius 2 is 1.50 bits per heavy atom. The summed E-state index contributed by atoms with van der Waals surface area (Å²) in [7, 11) is -7.84. The molecule has 0 aliphatic rings. The van der Waals surface area contributed by atoms with E-state index < -0.39 is 31.4 Å². The number of aromatic amines is 1. The number of H-pyrrole nitrogens is 1. The predicted octanol–water partition coefficient (Wildman–Crippen LogP) is 6.60. The first-order valence-corrected chi connectivity index (χ1v) is 20.2. The average molecular weight is 725 g/mol. The lowest BCUT2D eigenvalue weighted by molar-refractivity contribution is -0.114. The molecular weight excluding hydrogens is 677 g/mol. The maximum Gasteiger partial charge on any atom is 0.410 e. The second kappa shape index (κ2) is 14.9. The fraction of sp³-hybridized carbons (Fsp3) is 0.405. The SMILES string of the molecule is CC(=O)Nc1ccc2[nH]c(-c3cc(C)cc(C)c3)c(CCN(CCCCc3ccc(N)c(S(C)(=O)=O)c3S(C)(=O)=O)C(=O)OC(C)(C)C)c2c1. The zero-order valence-electron chi connectivity index (χ0n) is 30.1. The number of amides is 2. The number of aromatic nitrogens is 1. The van der Waals surface area contributed by atoms with E-state index >= 15 is 0 Å². The highest BCUT2D eigenvalue weighted by atomic mass is 32.2. The molecule has 0 atom stereocenters. The molecule has 0 aliphatic heterocycles. The Morgan fingerprint density at radius 3 is 2.08 bits per heavy atom. The van der Waals surface area contributed by atoms with Gasteiger partial charge in [0, 0.05) is 54.8 Å². The summed E-state index contributed by atoms with van der Waals surface area (Å²) in [5.74, 6) is -0.178. The summed E-state index contributed by atoms with van der Waals surface area (Å²) in [5, 5.41) is 3.78. The van der Waals surface area contributed by atoms with Crippen LogP contribution < -0.4 is 11.1 Å². The molecule has 4 N–H and O–H groups in total. The third-order valence-electron chi connectivity index (χ3n) is 8.11. The predicted molar refractivity (Wildman–Crippen MR) is 199 cm³/mol. The fourth-order valence-electron chi connectivity index (χ4n) is 6.24. The smallest absolute Gasteiger partial charge is 0.410 e. The number of rotatable bonds is 12. The van der Waals surface area contributed by atoms with Crippen molar-refractivity contribution in [1.29, 1.82) is 0 Å². The van der Waals surface area contributed by atoms with Gasteiger partial charge in [-0.25, -0.2) is 21.6 Å². The van der Waals surface area contributed by atoms with E-state index in [-0.39, 0.29) is 27.8 Å². The molecule has 4 aromatic rings. The van der Waals surface area contributed by atoms with Crippen LogP contribution in [0.15, 0.2) is 58.3 Å². The second-order valence-electron chi connectivity index (χ2n) is 14.0. The van der Waals surface area contributed by atoms with Gasteiger partial charge in [-0.05, 0) is 113 Å². The van der Waals surface area contributed by atoms with E-state index in [4.69, 9.17) is 10.5 Å². The minimum atomic E-state index is -3.92. The number of nitrogens with two attached hydrogens (primary N) is 1. The number of ether oxygens (including phenoxy) is 1. The molecule has 0 radical (unpaired) electrons. The van der Waals surface area contributed by atoms with Gasteiger partial charge >= 0.3 is 6.09 Å². The summed E-state index contributed by atoms with van der Waals surface area (Å²) < 4.78 is 56.3. The van der Waals surface area contributed by atoms with Crippen LogP contribution in [-0.2, 0) is 42.0 Å². The van der Waals surface area contributed by atoms with E-state index in [0.717, 1.165) is 51.4 Å². The molecule has 270 valence electrons. The maximum absolute atomic E-state index is 13.5. The van der Waals surface area contributed by atoms with E-state index in [9.17, 15) is 26.4 Å². The number of anilines is 2. The van der Waals surface area contributed by atoms with Gasteiger partial charge in [0.25, 0.3) is 0 Å².